The molecular weight excluding hydrogens is 284 g/mol. The summed E-state index contributed by atoms with van der Waals surface area (Å²) in [6.07, 6.45) is 0. The summed E-state index contributed by atoms with van der Waals surface area (Å²) in [5, 5.41) is 0. The highest BCUT2D eigenvalue weighted by atomic mass is 16.6. The van der Waals surface area contributed by atoms with Gasteiger partial charge in [0.05, 0.1) is 5.56 Å². The fourth-order valence-electron chi connectivity index (χ4n) is 1.99. The quantitative estimate of drug-likeness (QED) is 0.633. The number of carbonyl (C=O) groups excluding carboxylic acids is 2. The van der Waals surface area contributed by atoms with Gasteiger partial charge in [0.25, 0.3) is 0 Å². The number of esters is 1. The van der Waals surface area contributed by atoms with Crippen LogP contribution in [0.25, 0.3) is 0 Å². The van der Waals surface area contributed by atoms with Crippen LogP contribution in [0, 0.1) is 0 Å². The molecule has 22 heavy (non-hydrogen) atoms. The van der Waals surface area contributed by atoms with Crippen molar-refractivity contribution in [3.63, 3.8) is 0 Å². The van der Waals surface area contributed by atoms with E-state index in [2.05, 4.69) is 0 Å². The van der Waals surface area contributed by atoms with Crippen molar-refractivity contribution in [2.75, 3.05) is 6.61 Å². The topological polar surface area (TPSA) is 61.8 Å². The minimum absolute atomic E-state index is 0.131. The smallest absolute Gasteiger partial charge is 0.344 e. The molecule has 0 saturated heterocycles. The Hall–Kier alpha value is -2.30. The number of benzene rings is 1. The molecule has 118 valence electrons. The molecule has 0 aromatic heterocycles. The second-order valence-electron chi connectivity index (χ2n) is 6.29. The third kappa shape index (κ3) is 3.67. The number of hydrogen-bond acceptors (Lipinski definition) is 5. The predicted octanol–water partition coefficient (Wildman–Crippen LogP) is 3.28. The molecule has 1 aromatic rings. The number of rotatable bonds is 3. The summed E-state index contributed by atoms with van der Waals surface area (Å²) >= 11 is 0. The molecule has 0 bridgehead atoms. The summed E-state index contributed by atoms with van der Waals surface area (Å²) in [5.74, 6) is 0.665. The molecule has 0 aliphatic carbocycles. The zero-order valence-electron chi connectivity index (χ0n) is 13.5. The van der Waals surface area contributed by atoms with Crippen molar-refractivity contribution >= 4 is 11.8 Å². The zero-order chi connectivity index (χ0) is 16.5. The Bertz CT molecular complexity index is 646. The van der Waals surface area contributed by atoms with Crippen LogP contribution in [0.4, 0.5) is 0 Å². The summed E-state index contributed by atoms with van der Waals surface area (Å²) < 4.78 is 16.1. The first-order valence-corrected chi connectivity index (χ1v) is 7.06. The van der Waals surface area contributed by atoms with Gasteiger partial charge in [0, 0.05) is 6.07 Å². The van der Waals surface area contributed by atoms with Crippen LogP contribution in [0.2, 0.25) is 0 Å². The second-order valence-corrected chi connectivity index (χ2v) is 6.29. The van der Waals surface area contributed by atoms with Gasteiger partial charge in [-0.05, 0) is 52.3 Å². The van der Waals surface area contributed by atoms with Gasteiger partial charge in [-0.3, -0.25) is 4.79 Å². The molecule has 0 saturated carbocycles. The van der Waals surface area contributed by atoms with E-state index in [4.69, 9.17) is 14.2 Å². The number of ether oxygens (including phenoxy) is 3. The zero-order valence-corrected chi connectivity index (χ0v) is 13.5. The van der Waals surface area contributed by atoms with E-state index < -0.39 is 11.6 Å². The van der Waals surface area contributed by atoms with Crippen LogP contribution in [0.5, 0.6) is 11.5 Å². The van der Waals surface area contributed by atoms with Crippen LogP contribution in [0.1, 0.15) is 45.0 Å². The molecule has 0 unspecified atom stereocenters. The van der Waals surface area contributed by atoms with Crippen molar-refractivity contribution in [2.24, 2.45) is 0 Å². The molecule has 1 heterocycles. The third-order valence-electron chi connectivity index (χ3n) is 2.85. The van der Waals surface area contributed by atoms with Crippen molar-refractivity contribution in [1.29, 1.82) is 0 Å². The molecule has 1 aliphatic heterocycles. The van der Waals surface area contributed by atoms with Crippen LogP contribution in [-0.4, -0.2) is 24.0 Å². The van der Waals surface area contributed by atoms with Crippen molar-refractivity contribution in [3.8, 4) is 11.5 Å². The molecule has 5 heteroatoms. The van der Waals surface area contributed by atoms with Crippen molar-refractivity contribution in [1.82, 2.24) is 0 Å². The van der Waals surface area contributed by atoms with E-state index in [1.807, 2.05) is 13.8 Å². The Morgan fingerprint density at radius 3 is 2.50 bits per heavy atom. The van der Waals surface area contributed by atoms with E-state index in [-0.39, 0.29) is 12.4 Å². The Kier molecular flexibility index (Phi) is 4.26. The minimum Gasteiger partial charge on any atom is -0.482 e. The third-order valence-corrected chi connectivity index (χ3v) is 2.85. The first-order valence-electron chi connectivity index (χ1n) is 7.06. The molecule has 0 N–H and O–H groups in total. The van der Waals surface area contributed by atoms with E-state index in [9.17, 15) is 9.59 Å². The lowest BCUT2D eigenvalue weighted by Crippen LogP contribution is -2.27. The molecule has 2 rings (SSSR count). The van der Waals surface area contributed by atoms with Crippen molar-refractivity contribution < 1.29 is 23.8 Å². The fraction of sp³-hybridized carbons (Fsp3) is 0.412. The molecule has 1 aromatic carbocycles. The molecule has 0 fully saturated rings. The maximum absolute atomic E-state index is 12.1. The predicted molar refractivity (Wildman–Crippen MR) is 81.1 cm³/mol. The van der Waals surface area contributed by atoms with Gasteiger partial charge in [0.15, 0.2) is 12.4 Å². The number of fused-ring (bicyclic) bond motifs is 1. The largest absolute Gasteiger partial charge is 0.482 e. The average Bonchev–Trinajstić information content (AvgIpc) is 2.72. The Morgan fingerprint density at radius 1 is 1.23 bits per heavy atom. The van der Waals surface area contributed by atoms with Gasteiger partial charge in [-0.1, -0.05) is 0 Å². The summed E-state index contributed by atoms with van der Waals surface area (Å²) in [7, 11) is 0. The highest BCUT2D eigenvalue weighted by Crippen LogP contribution is 2.35. The number of allylic oxidation sites excluding steroid dienone is 2. The van der Waals surface area contributed by atoms with Gasteiger partial charge in [0.2, 0.25) is 5.78 Å². The number of ketones is 1. The standard InChI is InChI=1S/C17H20O5/c1-10(2)16-15(19)12-7-6-11(8-13(12)21-16)20-9-14(18)22-17(3,4)5/h6-8H,9H2,1-5H3. The van der Waals surface area contributed by atoms with Gasteiger partial charge in [-0.15, -0.1) is 0 Å². The lowest BCUT2D eigenvalue weighted by atomic mass is 10.1. The van der Waals surface area contributed by atoms with E-state index in [1.165, 1.54) is 0 Å². The summed E-state index contributed by atoms with van der Waals surface area (Å²) in [4.78, 5) is 23.7. The lowest BCUT2D eigenvalue weighted by Gasteiger charge is -2.19. The van der Waals surface area contributed by atoms with E-state index in [1.54, 1.807) is 39.0 Å². The molecule has 5 nitrogen and oxygen atoms in total. The molecule has 0 amide bonds. The summed E-state index contributed by atoms with van der Waals surface area (Å²) in [6, 6.07) is 4.88. The van der Waals surface area contributed by atoms with Crippen molar-refractivity contribution in [3.05, 3.63) is 35.1 Å². The molecule has 0 spiro atoms. The maximum Gasteiger partial charge on any atom is 0.344 e. The first kappa shape index (κ1) is 16.1. The molecule has 1 aliphatic rings. The number of hydrogen-bond donors (Lipinski definition) is 0. The normalized spacial score (nSPS) is 13.5. The van der Waals surface area contributed by atoms with Crippen LogP contribution >= 0.6 is 0 Å². The van der Waals surface area contributed by atoms with Crippen molar-refractivity contribution in [2.45, 2.75) is 40.2 Å². The lowest BCUT2D eigenvalue weighted by molar-refractivity contribution is -0.157. The van der Waals surface area contributed by atoms with E-state index in [0.29, 0.717) is 22.8 Å². The fourth-order valence-corrected chi connectivity index (χ4v) is 1.99. The Labute approximate surface area is 129 Å². The van der Waals surface area contributed by atoms with Gasteiger partial charge in [0.1, 0.15) is 17.1 Å². The van der Waals surface area contributed by atoms with Gasteiger partial charge in [-0.25, -0.2) is 4.79 Å². The number of Topliss-reactive ketones (excluding diaryl/α,β-unsaturated/α-hetero) is 1. The summed E-state index contributed by atoms with van der Waals surface area (Å²) in [5.41, 5.74) is 0.768. The maximum atomic E-state index is 12.1. The minimum atomic E-state index is -0.549. The Morgan fingerprint density at radius 2 is 1.91 bits per heavy atom. The summed E-state index contributed by atoms with van der Waals surface area (Å²) in [6.45, 7) is 8.82. The van der Waals surface area contributed by atoms with Gasteiger partial charge < -0.3 is 14.2 Å². The second kappa shape index (κ2) is 5.83. The SMILES string of the molecule is CC(C)=C1Oc2cc(OCC(=O)OC(C)(C)C)ccc2C1=O. The highest BCUT2D eigenvalue weighted by Gasteiger charge is 2.28. The molecule has 0 radical (unpaired) electrons. The molecular formula is C17H20O5. The van der Waals surface area contributed by atoms with E-state index in [0.717, 1.165) is 5.57 Å². The van der Waals surface area contributed by atoms with Crippen LogP contribution < -0.4 is 9.47 Å². The van der Waals surface area contributed by atoms with Crippen LogP contribution in [0.3, 0.4) is 0 Å². The Balaban J connectivity index is 2.06. The van der Waals surface area contributed by atoms with Gasteiger partial charge in [-0.2, -0.15) is 0 Å². The first-order chi connectivity index (χ1) is 10.2. The molecule has 0 atom stereocenters. The number of carbonyl (C=O) groups is 2. The van der Waals surface area contributed by atoms with Crippen LogP contribution in [-0.2, 0) is 9.53 Å². The highest BCUT2D eigenvalue weighted by molar-refractivity contribution is 6.12. The average molecular weight is 304 g/mol. The van der Waals surface area contributed by atoms with Gasteiger partial charge >= 0.3 is 5.97 Å². The monoisotopic (exact) mass is 304 g/mol. The van der Waals surface area contributed by atoms with E-state index >= 15 is 0 Å². The van der Waals surface area contributed by atoms with Crippen LogP contribution in [0.15, 0.2) is 29.5 Å².